The Labute approximate surface area is 377 Å². The van der Waals surface area contributed by atoms with E-state index in [9.17, 15) is 14.7 Å². The first kappa shape index (κ1) is 49.2. The van der Waals surface area contributed by atoms with Crippen LogP contribution in [0.2, 0.25) is 0 Å². The van der Waals surface area contributed by atoms with Crippen LogP contribution < -0.4 is 16.4 Å². The van der Waals surface area contributed by atoms with Gasteiger partial charge in [-0.3, -0.25) is 35.0 Å². The van der Waals surface area contributed by atoms with Crippen LogP contribution in [0.25, 0.3) is 11.0 Å². The molecule has 0 aliphatic carbocycles. The summed E-state index contributed by atoms with van der Waals surface area (Å²) < 4.78 is 22.3. The molecule has 0 fully saturated rings. The number of anilines is 2. The van der Waals surface area contributed by atoms with Crippen LogP contribution >= 0.6 is 0 Å². The molecule has 2 amide bonds. The molecule has 0 unspecified atom stereocenters. The number of nitrogens with zero attached hydrogens (tertiary/aromatic N) is 8. The Balaban J connectivity index is 0.875. The molecule has 65 heavy (non-hydrogen) atoms. The number of H-pyrrole nitrogens is 1. The monoisotopic (exact) mass is 891 g/mol. The number of aliphatic hydroxyl groups is 1. The van der Waals surface area contributed by atoms with Gasteiger partial charge in [0.25, 0.3) is 5.91 Å². The molecule has 20 heteroatoms. The highest BCUT2D eigenvalue weighted by Gasteiger charge is 2.22. The molecule has 344 valence electrons. The normalized spacial score (nSPS) is 13.1. The largest absolute Gasteiger partial charge is 0.392 e. The van der Waals surface area contributed by atoms with Gasteiger partial charge in [-0.05, 0) is 48.7 Å². The highest BCUT2D eigenvalue weighted by Crippen LogP contribution is 2.25. The first-order chi connectivity index (χ1) is 31.8. The van der Waals surface area contributed by atoms with Gasteiger partial charge in [0.1, 0.15) is 23.6 Å². The number of fused-ring (bicyclic) bond motifs is 2. The van der Waals surface area contributed by atoms with E-state index in [4.69, 9.17) is 30.1 Å². The number of nitrogen functional groups attached to an aromatic ring is 1. The van der Waals surface area contributed by atoms with Gasteiger partial charge in [0, 0.05) is 79.9 Å². The third-order valence-corrected chi connectivity index (χ3v) is 9.80. The highest BCUT2D eigenvalue weighted by atomic mass is 16.6. The van der Waals surface area contributed by atoms with Crippen LogP contribution in [0.15, 0.2) is 92.6 Å². The lowest BCUT2D eigenvalue weighted by atomic mass is 9.97. The van der Waals surface area contributed by atoms with Crippen LogP contribution in [0.1, 0.15) is 34.2 Å². The molecule has 1 aromatic carbocycles. The predicted molar refractivity (Wildman–Crippen MR) is 251 cm³/mol. The molecule has 1 aliphatic rings. The highest BCUT2D eigenvalue weighted by molar-refractivity contribution is 6.17. The minimum atomic E-state index is -0.364. The summed E-state index contributed by atoms with van der Waals surface area (Å²) in [6, 6.07) is 10.0. The number of aromatic amines is 1. The van der Waals surface area contributed by atoms with Crippen LogP contribution in [-0.4, -0.2) is 159 Å². The predicted octanol–water partition coefficient (Wildman–Crippen LogP) is 2.72. The van der Waals surface area contributed by atoms with Crippen molar-refractivity contribution >= 4 is 66.1 Å². The van der Waals surface area contributed by atoms with Gasteiger partial charge in [0.2, 0.25) is 5.91 Å². The Bertz CT molecular complexity index is 2340. The number of hydrogen-bond acceptors (Lipinski definition) is 17. The van der Waals surface area contributed by atoms with Crippen molar-refractivity contribution in [3.8, 4) is 0 Å². The van der Waals surface area contributed by atoms with E-state index in [0.717, 1.165) is 28.6 Å². The van der Waals surface area contributed by atoms with Crippen molar-refractivity contribution < 1.29 is 33.6 Å². The summed E-state index contributed by atoms with van der Waals surface area (Å²) in [7, 11) is 0. The number of nitrogens with two attached hydrogens (primary N) is 1. The quantitative estimate of drug-likeness (QED) is 0.0261. The van der Waals surface area contributed by atoms with Gasteiger partial charge in [-0.15, -0.1) is 0 Å². The number of aliphatic hydroxyl groups excluding tert-OH is 1. The molecule has 0 bridgehead atoms. The van der Waals surface area contributed by atoms with Crippen molar-refractivity contribution in [3.63, 3.8) is 0 Å². The molecule has 0 radical (unpaired) electrons. The van der Waals surface area contributed by atoms with Crippen molar-refractivity contribution in [1.29, 1.82) is 5.41 Å². The summed E-state index contributed by atoms with van der Waals surface area (Å²) in [5.74, 6) is 0.349. The van der Waals surface area contributed by atoms with Gasteiger partial charge in [-0.2, -0.15) is 0 Å². The number of ether oxygens (including phenoxy) is 4. The summed E-state index contributed by atoms with van der Waals surface area (Å²) in [5.41, 5.74) is 12.3. The number of aliphatic imine (C=N–C) groups is 4. The molecule has 3 aromatic heterocycles. The van der Waals surface area contributed by atoms with Crippen LogP contribution in [-0.2, 0) is 48.0 Å². The minimum absolute atomic E-state index is 0.0442. The van der Waals surface area contributed by atoms with Crippen molar-refractivity contribution in [2.45, 2.75) is 25.9 Å². The topological polar surface area (TPSA) is 272 Å². The maximum atomic E-state index is 13.0. The van der Waals surface area contributed by atoms with Crippen LogP contribution in [0.4, 0.5) is 11.6 Å². The molecule has 1 aliphatic heterocycles. The van der Waals surface area contributed by atoms with E-state index in [0.29, 0.717) is 108 Å². The lowest BCUT2D eigenvalue weighted by Crippen LogP contribution is -2.36. The zero-order valence-electron chi connectivity index (χ0n) is 36.4. The molecule has 4 heterocycles. The van der Waals surface area contributed by atoms with Gasteiger partial charge >= 0.3 is 0 Å². The van der Waals surface area contributed by atoms with Gasteiger partial charge in [0.05, 0.1) is 95.8 Å². The van der Waals surface area contributed by atoms with E-state index in [1.807, 2.05) is 23.1 Å². The minimum Gasteiger partial charge on any atom is -0.392 e. The number of carbonyl (C=O) groups excluding carboxylic acids is 2. The molecular weight excluding hydrogens is 835 g/mol. The third-order valence-electron chi connectivity index (χ3n) is 9.80. The average Bonchev–Trinajstić information content (AvgIpc) is 3.80. The summed E-state index contributed by atoms with van der Waals surface area (Å²) in [4.78, 5) is 58.9. The molecule has 7 N–H and O–H groups in total. The lowest BCUT2D eigenvalue weighted by Gasteiger charge is -2.29. The second-order valence-electron chi connectivity index (χ2n) is 14.4. The van der Waals surface area contributed by atoms with Gasteiger partial charge < -0.3 is 50.3 Å². The zero-order chi connectivity index (χ0) is 46.1. The number of amides is 2. The number of rotatable bonds is 29. The Kier molecular flexibility index (Phi) is 20.7. The Hall–Kier alpha value is -6.84. The fraction of sp³-hybridized carbons (Fsp3) is 0.378. The zero-order valence-corrected chi connectivity index (χ0v) is 36.4. The van der Waals surface area contributed by atoms with Crippen LogP contribution in [0.5, 0.6) is 0 Å². The van der Waals surface area contributed by atoms with E-state index >= 15 is 0 Å². The summed E-state index contributed by atoms with van der Waals surface area (Å²) in [6.07, 6.45) is 11.5. The fourth-order valence-electron chi connectivity index (χ4n) is 6.48. The SMILES string of the molecule is C=N/C=C(\C=NCCN=C/C(=C\N=C)C(=O)NCCOCCOCCOCCOCCC(=O)N1CCc2cc(CNc3ncnc(N)c3C(=N)c3cnc4[nH]ccc4c3)ccc2C1)CO. The molecule has 0 spiro atoms. The summed E-state index contributed by atoms with van der Waals surface area (Å²) in [5, 5.41) is 25.1. The standard InChI is InChI=1S/C45H57N13O7/c1-48-23-33(30-59)24-50-9-10-51-27-38(26-49-2)45(61)53-11-14-63-16-18-65-20-19-64-17-15-62-13-7-39(60)58-12-6-34-21-32(3-4-36(34)29-58)25-54-44-40(42(47)56-31-57-44)41(46)37-22-35-5-8-52-43(35)55-28-37/h3-5,8,21-24,26-28,31,46,59H,1-2,6-7,9-20,25,29-30H2,(H,52,55)(H,53,61)(H3,47,54,56,57)/b33-23+,38-26+,46-41?,50-24?,51-27?. The number of benzene rings is 1. The second-order valence-corrected chi connectivity index (χ2v) is 14.4. The van der Waals surface area contributed by atoms with Gasteiger partial charge in [0.15, 0.2) is 0 Å². The third kappa shape index (κ3) is 16.0. The summed E-state index contributed by atoms with van der Waals surface area (Å²) >= 11 is 0. The maximum absolute atomic E-state index is 13.0. The molecule has 0 atom stereocenters. The smallest absolute Gasteiger partial charge is 0.254 e. The molecule has 0 saturated carbocycles. The Morgan fingerprint density at radius 3 is 2.37 bits per heavy atom. The van der Waals surface area contributed by atoms with Gasteiger partial charge in [-0.25, -0.2) is 15.0 Å². The van der Waals surface area contributed by atoms with Crippen molar-refractivity contribution in [2.75, 3.05) is 96.7 Å². The van der Waals surface area contributed by atoms with Gasteiger partial charge in [-0.1, -0.05) is 18.2 Å². The lowest BCUT2D eigenvalue weighted by molar-refractivity contribution is -0.133. The molecule has 20 nitrogen and oxygen atoms in total. The fourth-order valence-corrected chi connectivity index (χ4v) is 6.48. The van der Waals surface area contributed by atoms with E-state index in [-0.39, 0.29) is 48.5 Å². The number of carbonyl (C=O) groups is 2. The first-order valence-electron chi connectivity index (χ1n) is 21.1. The number of aromatic nitrogens is 4. The maximum Gasteiger partial charge on any atom is 0.254 e. The molecule has 4 aromatic rings. The molecule has 5 rings (SSSR count). The number of nitrogens with one attached hydrogen (secondary N) is 4. The summed E-state index contributed by atoms with van der Waals surface area (Å²) in [6.45, 7) is 12.0. The van der Waals surface area contributed by atoms with E-state index in [1.165, 1.54) is 36.7 Å². The number of hydrogen-bond donors (Lipinski definition) is 6. The Morgan fingerprint density at radius 1 is 0.908 bits per heavy atom. The van der Waals surface area contributed by atoms with Crippen molar-refractivity contribution in [2.24, 2.45) is 20.0 Å². The Morgan fingerprint density at radius 2 is 1.63 bits per heavy atom. The van der Waals surface area contributed by atoms with E-state index in [2.05, 4.69) is 76.1 Å². The van der Waals surface area contributed by atoms with E-state index in [1.54, 1.807) is 12.4 Å². The van der Waals surface area contributed by atoms with E-state index < -0.39 is 0 Å². The molecule has 0 saturated heterocycles. The van der Waals surface area contributed by atoms with Crippen LogP contribution in [0, 0.1) is 5.41 Å². The van der Waals surface area contributed by atoms with Crippen LogP contribution in [0.3, 0.4) is 0 Å². The molecular formula is C45H57N13O7. The second kappa shape index (κ2) is 27.4. The van der Waals surface area contributed by atoms with Crippen molar-refractivity contribution in [3.05, 3.63) is 100 Å². The first-order valence-corrected chi connectivity index (χ1v) is 21.1. The number of pyridine rings is 1. The average molecular weight is 892 g/mol. The van der Waals surface area contributed by atoms with Crippen molar-refractivity contribution in [1.82, 2.24) is 30.2 Å².